The average molecular weight is 312 g/mol. The summed E-state index contributed by atoms with van der Waals surface area (Å²) in [6.45, 7) is 9.07. The van der Waals surface area contributed by atoms with Crippen molar-refractivity contribution in [2.45, 2.75) is 46.7 Å². The van der Waals surface area contributed by atoms with Crippen LogP contribution in [0.25, 0.3) is 0 Å². The molecule has 0 aliphatic carbocycles. The number of hydrogen-bond acceptors (Lipinski definition) is 3. The van der Waals surface area contributed by atoms with Gasteiger partial charge in [0.1, 0.15) is 6.04 Å². The molecule has 1 N–H and O–H groups in total. The van der Waals surface area contributed by atoms with E-state index in [1.807, 2.05) is 33.8 Å². The number of hydrogen-bond donors (Lipinski definition) is 1. The monoisotopic (exact) mass is 312 g/mol. The van der Waals surface area contributed by atoms with Gasteiger partial charge in [-0.15, -0.1) is 0 Å². The maximum Gasteiger partial charge on any atom is 0.243 e. The molecule has 0 aliphatic rings. The molecule has 0 spiro atoms. The highest BCUT2D eigenvalue weighted by Crippen LogP contribution is 2.23. The summed E-state index contributed by atoms with van der Waals surface area (Å²) in [5.41, 5.74) is 2.42. The first kappa shape index (κ1) is 17.5. The number of carbonyl (C=O) groups excluding carboxylic acids is 1. The quantitative estimate of drug-likeness (QED) is 0.904. The molecule has 6 heteroatoms. The van der Waals surface area contributed by atoms with Gasteiger partial charge in [0, 0.05) is 6.04 Å². The van der Waals surface area contributed by atoms with Crippen molar-refractivity contribution < 1.29 is 13.2 Å². The van der Waals surface area contributed by atoms with Crippen LogP contribution in [-0.2, 0) is 14.8 Å². The maximum absolute atomic E-state index is 12.2. The minimum absolute atomic E-state index is 0.0411. The van der Waals surface area contributed by atoms with Gasteiger partial charge in [0.2, 0.25) is 15.9 Å². The third-order valence-corrected chi connectivity index (χ3v) is 4.22. The zero-order chi connectivity index (χ0) is 16.4. The lowest BCUT2D eigenvalue weighted by Gasteiger charge is -2.29. The average Bonchev–Trinajstić information content (AvgIpc) is 2.24. The highest BCUT2D eigenvalue weighted by atomic mass is 32.2. The van der Waals surface area contributed by atoms with E-state index in [1.54, 1.807) is 19.1 Å². The topological polar surface area (TPSA) is 66.5 Å². The fourth-order valence-corrected chi connectivity index (χ4v) is 3.45. The van der Waals surface area contributed by atoms with Gasteiger partial charge in [0.05, 0.1) is 11.9 Å². The summed E-state index contributed by atoms with van der Waals surface area (Å²) < 4.78 is 25.4. The SMILES string of the molecule is Cc1cc(C)cc(N(C(C)C(=O)NC(C)C)S(C)(=O)=O)c1. The lowest BCUT2D eigenvalue weighted by Crippen LogP contribution is -2.49. The Kier molecular flexibility index (Phi) is 5.39. The summed E-state index contributed by atoms with van der Waals surface area (Å²) >= 11 is 0. The van der Waals surface area contributed by atoms with Crippen LogP contribution in [0.15, 0.2) is 18.2 Å². The van der Waals surface area contributed by atoms with Crippen molar-refractivity contribution in [3.63, 3.8) is 0 Å². The molecule has 118 valence electrons. The van der Waals surface area contributed by atoms with E-state index >= 15 is 0 Å². The molecule has 5 nitrogen and oxygen atoms in total. The highest BCUT2D eigenvalue weighted by molar-refractivity contribution is 7.92. The number of amides is 1. The smallest absolute Gasteiger partial charge is 0.243 e. The van der Waals surface area contributed by atoms with Crippen LogP contribution in [0.5, 0.6) is 0 Å². The fraction of sp³-hybridized carbons (Fsp3) is 0.533. The van der Waals surface area contributed by atoms with E-state index in [0.29, 0.717) is 5.69 Å². The first-order chi connectivity index (χ1) is 9.52. The molecule has 0 fully saturated rings. The Morgan fingerprint density at radius 3 is 1.95 bits per heavy atom. The fourth-order valence-electron chi connectivity index (χ4n) is 2.29. The van der Waals surface area contributed by atoms with E-state index in [9.17, 15) is 13.2 Å². The molecule has 0 saturated heterocycles. The van der Waals surface area contributed by atoms with Crippen molar-refractivity contribution >= 4 is 21.6 Å². The van der Waals surface area contributed by atoms with Crippen molar-refractivity contribution in [3.05, 3.63) is 29.3 Å². The molecule has 1 amide bonds. The Balaban J connectivity index is 3.27. The number of nitrogens with one attached hydrogen (secondary N) is 1. The van der Waals surface area contributed by atoms with Crippen LogP contribution >= 0.6 is 0 Å². The Hall–Kier alpha value is -1.56. The van der Waals surface area contributed by atoms with Crippen LogP contribution in [0.2, 0.25) is 0 Å². The number of nitrogens with zero attached hydrogens (tertiary/aromatic N) is 1. The normalized spacial score (nSPS) is 13.1. The highest BCUT2D eigenvalue weighted by Gasteiger charge is 2.29. The van der Waals surface area contributed by atoms with Crippen LogP contribution < -0.4 is 9.62 Å². The first-order valence-corrected chi connectivity index (χ1v) is 8.75. The molecule has 0 aliphatic heterocycles. The third-order valence-electron chi connectivity index (χ3n) is 2.98. The summed E-state index contributed by atoms with van der Waals surface area (Å²) in [6, 6.07) is 4.66. The molecule has 0 saturated carbocycles. The Labute approximate surface area is 127 Å². The van der Waals surface area contributed by atoms with Crippen molar-refractivity contribution in [1.82, 2.24) is 5.32 Å². The molecule has 0 heterocycles. The van der Waals surface area contributed by atoms with Crippen molar-refractivity contribution in [1.29, 1.82) is 0 Å². The number of sulfonamides is 1. The minimum Gasteiger partial charge on any atom is -0.352 e. The van der Waals surface area contributed by atoms with Crippen molar-refractivity contribution in [3.8, 4) is 0 Å². The van der Waals surface area contributed by atoms with Gasteiger partial charge in [-0.2, -0.15) is 0 Å². The van der Waals surface area contributed by atoms with Gasteiger partial charge in [0.25, 0.3) is 0 Å². The van der Waals surface area contributed by atoms with Crippen molar-refractivity contribution in [2.75, 3.05) is 10.6 Å². The van der Waals surface area contributed by atoms with E-state index in [-0.39, 0.29) is 11.9 Å². The summed E-state index contributed by atoms with van der Waals surface area (Å²) in [4.78, 5) is 12.2. The second-order valence-electron chi connectivity index (χ2n) is 5.74. The van der Waals surface area contributed by atoms with Gasteiger partial charge in [-0.1, -0.05) is 6.07 Å². The van der Waals surface area contributed by atoms with E-state index in [4.69, 9.17) is 0 Å². The van der Waals surface area contributed by atoms with Gasteiger partial charge < -0.3 is 5.32 Å². The summed E-state index contributed by atoms with van der Waals surface area (Å²) in [7, 11) is -3.56. The standard InChI is InChI=1S/C15H24N2O3S/c1-10(2)16-15(18)13(5)17(21(6,19)20)14-8-11(3)7-12(4)9-14/h7-10,13H,1-6H3,(H,16,18). The number of benzene rings is 1. The van der Waals surface area contributed by atoms with Crippen LogP contribution in [0.3, 0.4) is 0 Å². The summed E-state index contributed by atoms with van der Waals surface area (Å²) in [6.07, 6.45) is 1.11. The van der Waals surface area contributed by atoms with Crippen LogP contribution in [0.1, 0.15) is 31.9 Å². The van der Waals surface area contributed by atoms with Crippen LogP contribution in [0, 0.1) is 13.8 Å². The van der Waals surface area contributed by atoms with E-state index < -0.39 is 16.1 Å². The Morgan fingerprint density at radius 1 is 1.10 bits per heavy atom. The predicted octanol–water partition coefficient (Wildman–Crippen LogP) is 1.98. The molecule has 1 atom stereocenters. The number of aryl methyl sites for hydroxylation is 2. The molecule has 1 aromatic rings. The summed E-state index contributed by atoms with van der Waals surface area (Å²) in [5.74, 6) is -0.311. The molecular weight excluding hydrogens is 288 g/mol. The molecule has 0 bridgehead atoms. The number of anilines is 1. The molecule has 0 radical (unpaired) electrons. The van der Waals surface area contributed by atoms with Gasteiger partial charge in [-0.3, -0.25) is 9.10 Å². The minimum atomic E-state index is -3.56. The lowest BCUT2D eigenvalue weighted by atomic mass is 10.1. The van der Waals surface area contributed by atoms with Crippen LogP contribution in [-0.4, -0.2) is 32.7 Å². The lowest BCUT2D eigenvalue weighted by molar-refractivity contribution is -0.122. The van der Waals surface area contributed by atoms with Gasteiger partial charge >= 0.3 is 0 Å². The number of rotatable bonds is 5. The van der Waals surface area contributed by atoms with Crippen molar-refractivity contribution in [2.24, 2.45) is 0 Å². The molecule has 0 aromatic heterocycles. The predicted molar refractivity (Wildman–Crippen MR) is 86.0 cm³/mol. The second-order valence-corrected chi connectivity index (χ2v) is 7.60. The summed E-state index contributed by atoms with van der Waals surface area (Å²) in [5, 5.41) is 2.75. The van der Waals surface area contributed by atoms with E-state index in [0.717, 1.165) is 17.4 Å². The number of carbonyl (C=O) groups is 1. The Morgan fingerprint density at radius 2 is 1.57 bits per heavy atom. The largest absolute Gasteiger partial charge is 0.352 e. The van der Waals surface area contributed by atoms with Gasteiger partial charge in [-0.25, -0.2) is 8.42 Å². The van der Waals surface area contributed by atoms with Gasteiger partial charge in [0.15, 0.2) is 0 Å². The second kappa shape index (κ2) is 6.47. The Bertz CT molecular complexity index is 604. The maximum atomic E-state index is 12.2. The molecule has 1 rings (SSSR count). The van der Waals surface area contributed by atoms with Gasteiger partial charge in [-0.05, 0) is 57.9 Å². The zero-order valence-electron chi connectivity index (χ0n) is 13.5. The third kappa shape index (κ3) is 4.74. The first-order valence-electron chi connectivity index (χ1n) is 6.90. The molecule has 21 heavy (non-hydrogen) atoms. The zero-order valence-corrected chi connectivity index (χ0v) is 14.3. The molecule has 1 unspecified atom stereocenters. The van der Waals surface area contributed by atoms with E-state index in [1.165, 1.54) is 4.31 Å². The molecular formula is C15H24N2O3S. The van der Waals surface area contributed by atoms with Crippen LogP contribution in [0.4, 0.5) is 5.69 Å². The van der Waals surface area contributed by atoms with E-state index in [2.05, 4.69) is 5.32 Å². The molecule has 1 aromatic carbocycles.